The van der Waals surface area contributed by atoms with Crippen molar-refractivity contribution < 1.29 is 27.2 Å². The van der Waals surface area contributed by atoms with Crippen LogP contribution in [0.5, 0.6) is 0 Å². The van der Waals surface area contributed by atoms with Gasteiger partial charge in [0.1, 0.15) is 0 Å². The van der Waals surface area contributed by atoms with Crippen molar-refractivity contribution in [2.45, 2.75) is 46.6 Å². The lowest BCUT2D eigenvalue weighted by Crippen LogP contribution is -2.33. The maximum absolute atomic E-state index is 13.8. The van der Waals surface area contributed by atoms with Crippen LogP contribution in [0.4, 0.5) is 0 Å². The van der Waals surface area contributed by atoms with Gasteiger partial charge in [-0.15, -0.1) is 0 Å². The van der Waals surface area contributed by atoms with Gasteiger partial charge < -0.3 is 13.6 Å². The molecule has 0 aromatic heterocycles. The van der Waals surface area contributed by atoms with E-state index in [1.54, 1.807) is 13.8 Å². The van der Waals surface area contributed by atoms with Crippen molar-refractivity contribution >= 4 is 26.1 Å². The van der Waals surface area contributed by atoms with Crippen LogP contribution >= 0.6 is 14.3 Å². The van der Waals surface area contributed by atoms with Crippen LogP contribution in [-0.2, 0) is 39.0 Å². The third-order valence-electron chi connectivity index (χ3n) is 5.14. The summed E-state index contributed by atoms with van der Waals surface area (Å²) in [5.74, 6) is -1.06. The number of benzene rings is 2. The summed E-state index contributed by atoms with van der Waals surface area (Å²) in [4.78, 5) is 0. The molecule has 176 valence electrons. The largest absolute Gasteiger partial charge is 0.364 e. The van der Waals surface area contributed by atoms with Crippen LogP contribution in [0.2, 0.25) is 0 Å². The number of hydrogen-bond donors (Lipinski definition) is 0. The summed E-state index contributed by atoms with van der Waals surface area (Å²) >= 11 is 5.78. The van der Waals surface area contributed by atoms with Crippen LogP contribution in [0, 0.1) is 12.3 Å². The highest BCUT2D eigenvalue weighted by atomic mass is 32.5. The van der Waals surface area contributed by atoms with Gasteiger partial charge in [-0.05, 0) is 43.7 Å². The Morgan fingerprint density at radius 1 is 1.09 bits per heavy atom. The first kappa shape index (κ1) is 25.7. The molecule has 3 atom stereocenters. The molecule has 0 saturated carbocycles. The summed E-state index contributed by atoms with van der Waals surface area (Å²) < 4.78 is 43.7. The molecule has 0 spiro atoms. The van der Waals surface area contributed by atoms with Gasteiger partial charge in [-0.2, -0.15) is 0 Å². The van der Waals surface area contributed by atoms with Crippen molar-refractivity contribution in [3.8, 4) is 0 Å². The van der Waals surface area contributed by atoms with Crippen molar-refractivity contribution in [1.82, 2.24) is 0 Å². The molecule has 6 nitrogen and oxygen atoms in total. The zero-order chi connectivity index (χ0) is 23.4. The highest BCUT2D eigenvalue weighted by molar-refractivity contribution is 8.07. The van der Waals surface area contributed by atoms with E-state index < -0.39 is 20.2 Å². The van der Waals surface area contributed by atoms with Crippen molar-refractivity contribution in [1.29, 1.82) is 0 Å². The Labute approximate surface area is 196 Å². The molecule has 0 N–H and O–H groups in total. The quantitative estimate of drug-likeness (QED) is 0.336. The van der Waals surface area contributed by atoms with Gasteiger partial charge in [0.25, 0.3) is 0 Å². The van der Waals surface area contributed by atoms with Gasteiger partial charge in [-0.1, -0.05) is 74.0 Å². The smallest absolute Gasteiger partial charge is 0.308 e. The molecule has 0 aliphatic carbocycles. The fourth-order valence-electron chi connectivity index (χ4n) is 3.51. The van der Waals surface area contributed by atoms with Crippen LogP contribution in [0.1, 0.15) is 56.3 Å². The van der Waals surface area contributed by atoms with Gasteiger partial charge in [-0.3, -0.25) is 13.6 Å². The molecule has 0 bridgehead atoms. The van der Waals surface area contributed by atoms with Crippen molar-refractivity contribution in [3.05, 3.63) is 71.3 Å². The van der Waals surface area contributed by atoms with Gasteiger partial charge in [-0.25, -0.2) is 0 Å². The molecule has 1 fully saturated rings. The molecule has 3 rings (SSSR count). The van der Waals surface area contributed by atoms with Gasteiger partial charge in [0.05, 0.1) is 25.9 Å². The van der Waals surface area contributed by atoms with E-state index in [1.807, 2.05) is 61.5 Å². The van der Waals surface area contributed by atoms with E-state index in [0.29, 0.717) is 12.2 Å². The maximum Gasteiger partial charge on any atom is 0.364 e. The lowest BCUT2D eigenvalue weighted by Gasteiger charge is -2.43. The molecule has 1 aliphatic heterocycles. The molecule has 0 radical (unpaired) electrons. The highest BCUT2D eigenvalue weighted by Crippen LogP contribution is 2.71. The third-order valence-corrected chi connectivity index (χ3v) is 9.73. The van der Waals surface area contributed by atoms with E-state index in [0.717, 1.165) is 11.1 Å². The van der Waals surface area contributed by atoms with Crippen molar-refractivity contribution in [3.63, 3.8) is 0 Å². The average molecular weight is 499 g/mol. The Morgan fingerprint density at radius 2 is 1.69 bits per heavy atom. The zero-order valence-electron chi connectivity index (χ0n) is 19.2. The number of aryl methyl sites for hydroxylation is 1. The standard InChI is InChI=1S/C23H32O6P2S/c1-6-25-30(24,26-7-2)22(20-15-13-18(3)14-16-20)29-31(32)27-17-23(4,5)21(28-31)19-11-9-8-10-12-19/h8-16,21-22H,6-7,17H2,1-5H3/t21-,22?,31-/m0/s1. The lowest BCUT2D eigenvalue weighted by atomic mass is 9.83. The first-order chi connectivity index (χ1) is 15.1. The van der Waals surface area contributed by atoms with Crippen LogP contribution in [0.3, 0.4) is 0 Å². The SMILES string of the molecule is CCOP(=O)(OCC)C(O[P@]1(=S)OCC(C)(C)[C@H](c2ccccc2)O1)c1ccc(C)cc1. The predicted molar refractivity (Wildman–Crippen MR) is 130 cm³/mol. The molecule has 1 saturated heterocycles. The molecular formula is C23H32O6P2S. The second-order valence-corrected chi connectivity index (χ2v) is 13.3. The molecule has 32 heavy (non-hydrogen) atoms. The van der Waals surface area contributed by atoms with Crippen LogP contribution in [0.25, 0.3) is 0 Å². The van der Waals surface area contributed by atoms with Crippen molar-refractivity contribution in [2.75, 3.05) is 19.8 Å². The fourth-order valence-corrected chi connectivity index (χ4v) is 8.50. The predicted octanol–water partition coefficient (Wildman–Crippen LogP) is 7.32. The molecular weight excluding hydrogens is 466 g/mol. The van der Waals surface area contributed by atoms with Gasteiger partial charge in [0.2, 0.25) is 0 Å². The normalized spacial score (nSPS) is 24.2. The lowest BCUT2D eigenvalue weighted by molar-refractivity contribution is -0.0416. The summed E-state index contributed by atoms with van der Waals surface area (Å²) in [6, 6.07) is 17.4. The first-order valence-corrected chi connectivity index (χ1v) is 14.9. The molecule has 2 aromatic rings. The van der Waals surface area contributed by atoms with Crippen LogP contribution in [0.15, 0.2) is 54.6 Å². The van der Waals surface area contributed by atoms with E-state index in [9.17, 15) is 4.57 Å². The first-order valence-electron chi connectivity index (χ1n) is 10.7. The molecule has 1 unspecified atom stereocenters. The van der Waals surface area contributed by atoms with Crippen LogP contribution in [-0.4, -0.2) is 19.8 Å². The van der Waals surface area contributed by atoms with Gasteiger partial charge in [0, 0.05) is 5.41 Å². The monoisotopic (exact) mass is 498 g/mol. The van der Waals surface area contributed by atoms with E-state index in [1.165, 1.54) is 0 Å². The molecule has 2 aromatic carbocycles. The summed E-state index contributed by atoms with van der Waals surface area (Å²) in [7, 11) is -3.72. The van der Waals surface area contributed by atoms with Crippen molar-refractivity contribution in [2.24, 2.45) is 5.41 Å². The van der Waals surface area contributed by atoms with Gasteiger partial charge in [0.15, 0.2) is 5.85 Å². The minimum absolute atomic E-state index is 0.202. The summed E-state index contributed by atoms with van der Waals surface area (Å²) in [6.07, 6.45) is -0.333. The van der Waals surface area contributed by atoms with E-state index in [4.69, 9.17) is 34.4 Å². The summed E-state index contributed by atoms with van der Waals surface area (Å²) in [5.41, 5.74) is 2.37. The Kier molecular flexibility index (Phi) is 8.51. The Hall–Kier alpha value is -0.880. The Balaban J connectivity index is 1.98. The third kappa shape index (κ3) is 5.97. The summed E-state index contributed by atoms with van der Waals surface area (Å²) in [5, 5.41) is 0. The maximum atomic E-state index is 13.8. The molecule has 1 heterocycles. The number of rotatable bonds is 9. The van der Waals surface area contributed by atoms with E-state index >= 15 is 0 Å². The fraction of sp³-hybridized carbons (Fsp3) is 0.478. The Bertz CT molecular complexity index is 970. The minimum Gasteiger partial charge on any atom is -0.308 e. The minimum atomic E-state index is -3.72. The Morgan fingerprint density at radius 3 is 2.25 bits per heavy atom. The molecule has 0 amide bonds. The van der Waals surface area contributed by atoms with E-state index in [-0.39, 0.29) is 24.7 Å². The van der Waals surface area contributed by atoms with Gasteiger partial charge >= 0.3 is 14.3 Å². The van der Waals surface area contributed by atoms with E-state index in [2.05, 4.69) is 13.8 Å². The zero-order valence-corrected chi connectivity index (χ0v) is 21.8. The average Bonchev–Trinajstić information content (AvgIpc) is 2.76. The highest BCUT2D eigenvalue weighted by Gasteiger charge is 2.48. The molecule has 9 heteroatoms. The topological polar surface area (TPSA) is 63.2 Å². The number of hydrogen-bond acceptors (Lipinski definition) is 7. The second kappa shape index (κ2) is 10.6. The molecule has 1 aliphatic rings. The van der Waals surface area contributed by atoms with Crippen LogP contribution < -0.4 is 0 Å². The summed E-state index contributed by atoms with van der Waals surface area (Å²) in [6.45, 7) is 7.08. The second-order valence-electron chi connectivity index (χ2n) is 8.35.